The van der Waals surface area contributed by atoms with Gasteiger partial charge in [-0.25, -0.2) is 0 Å². The number of rotatable bonds is 4. The molecule has 1 fully saturated rings. The van der Waals surface area contributed by atoms with E-state index in [0.717, 1.165) is 31.1 Å². The van der Waals surface area contributed by atoms with Gasteiger partial charge in [0.2, 0.25) is 5.91 Å². The molecule has 1 aromatic carbocycles. The zero-order valence-electron chi connectivity index (χ0n) is 13.3. The molecule has 0 spiro atoms. The third-order valence-corrected chi connectivity index (χ3v) is 4.76. The molecular formula is C18H28N2O. The van der Waals surface area contributed by atoms with Crippen molar-refractivity contribution in [2.24, 2.45) is 5.92 Å². The van der Waals surface area contributed by atoms with Crippen LogP contribution in [0.5, 0.6) is 0 Å². The van der Waals surface area contributed by atoms with Gasteiger partial charge in [-0.15, -0.1) is 0 Å². The maximum absolute atomic E-state index is 12.5. The Morgan fingerprint density at radius 2 is 2.00 bits per heavy atom. The van der Waals surface area contributed by atoms with Crippen LogP contribution >= 0.6 is 0 Å². The molecule has 2 rings (SSSR count). The summed E-state index contributed by atoms with van der Waals surface area (Å²) in [5.74, 6) is 1.36. The number of nitrogens with two attached hydrogens (primary N) is 1. The van der Waals surface area contributed by atoms with E-state index in [0.29, 0.717) is 12.3 Å². The molecule has 2 N–H and O–H groups in total. The normalized spacial score (nSPS) is 20.9. The first kappa shape index (κ1) is 15.9. The zero-order valence-corrected chi connectivity index (χ0v) is 13.3. The van der Waals surface area contributed by atoms with Crippen LogP contribution in [0.15, 0.2) is 24.3 Å². The highest BCUT2D eigenvalue weighted by molar-refractivity contribution is 5.77. The van der Waals surface area contributed by atoms with Gasteiger partial charge >= 0.3 is 0 Å². The Morgan fingerprint density at radius 3 is 2.67 bits per heavy atom. The second-order valence-corrected chi connectivity index (χ2v) is 6.36. The standard InChI is InChI=1S/C18H28N2O/c1-3-15-5-4-11-20(12-10-15)18(21)13-14(2)16-6-8-17(19)9-7-16/h6-9,14-15H,3-5,10-13,19H2,1-2H3. The van der Waals surface area contributed by atoms with Crippen molar-refractivity contribution in [3.05, 3.63) is 29.8 Å². The summed E-state index contributed by atoms with van der Waals surface area (Å²) in [6.07, 6.45) is 5.43. The number of carbonyl (C=O) groups excluding carboxylic acids is 1. The number of benzene rings is 1. The van der Waals surface area contributed by atoms with Crippen LogP contribution in [0.1, 0.15) is 57.4 Å². The Balaban J connectivity index is 1.89. The summed E-state index contributed by atoms with van der Waals surface area (Å²) in [7, 11) is 0. The number of hydrogen-bond donors (Lipinski definition) is 1. The van der Waals surface area contributed by atoms with Gasteiger partial charge in [0, 0.05) is 25.2 Å². The number of anilines is 1. The number of carbonyl (C=O) groups is 1. The molecule has 3 heteroatoms. The largest absolute Gasteiger partial charge is 0.399 e. The minimum Gasteiger partial charge on any atom is -0.399 e. The molecule has 2 unspecified atom stereocenters. The molecule has 1 heterocycles. The predicted octanol–water partition coefficient (Wildman–Crippen LogP) is 3.80. The minimum atomic E-state index is 0.253. The van der Waals surface area contributed by atoms with Crippen LogP contribution in [0.2, 0.25) is 0 Å². The van der Waals surface area contributed by atoms with Crippen molar-refractivity contribution in [3.63, 3.8) is 0 Å². The highest BCUT2D eigenvalue weighted by Gasteiger charge is 2.21. The Kier molecular flexibility index (Phi) is 5.66. The molecule has 0 aromatic heterocycles. The number of likely N-dealkylation sites (tertiary alicyclic amines) is 1. The fourth-order valence-corrected chi connectivity index (χ4v) is 3.16. The number of nitrogen functional groups attached to an aromatic ring is 1. The van der Waals surface area contributed by atoms with Crippen molar-refractivity contribution in [1.82, 2.24) is 4.90 Å². The topological polar surface area (TPSA) is 46.3 Å². The molecule has 0 aliphatic carbocycles. The predicted molar refractivity (Wildman–Crippen MR) is 88.1 cm³/mol. The van der Waals surface area contributed by atoms with Crippen molar-refractivity contribution < 1.29 is 4.79 Å². The summed E-state index contributed by atoms with van der Waals surface area (Å²) >= 11 is 0. The Labute approximate surface area is 128 Å². The Morgan fingerprint density at radius 1 is 1.29 bits per heavy atom. The fourth-order valence-electron chi connectivity index (χ4n) is 3.16. The van der Waals surface area contributed by atoms with Gasteiger partial charge in [-0.1, -0.05) is 32.4 Å². The van der Waals surface area contributed by atoms with E-state index >= 15 is 0 Å². The molecule has 0 saturated carbocycles. The average Bonchev–Trinajstić information content (AvgIpc) is 2.73. The molecule has 3 nitrogen and oxygen atoms in total. The van der Waals surface area contributed by atoms with E-state index in [1.54, 1.807) is 0 Å². The molecule has 1 saturated heterocycles. The van der Waals surface area contributed by atoms with Crippen molar-refractivity contribution in [3.8, 4) is 0 Å². The van der Waals surface area contributed by atoms with Gasteiger partial charge in [-0.2, -0.15) is 0 Å². The summed E-state index contributed by atoms with van der Waals surface area (Å²) in [5.41, 5.74) is 7.68. The third-order valence-electron chi connectivity index (χ3n) is 4.76. The van der Waals surface area contributed by atoms with Gasteiger partial charge in [0.15, 0.2) is 0 Å². The van der Waals surface area contributed by atoms with Gasteiger partial charge in [0.05, 0.1) is 0 Å². The van der Waals surface area contributed by atoms with E-state index in [9.17, 15) is 4.79 Å². The van der Waals surface area contributed by atoms with Gasteiger partial charge in [-0.05, 0) is 48.8 Å². The van der Waals surface area contributed by atoms with Crippen LogP contribution in [-0.2, 0) is 4.79 Å². The molecule has 1 amide bonds. The zero-order chi connectivity index (χ0) is 15.2. The lowest BCUT2D eigenvalue weighted by Gasteiger charge is -2.22. The molecule has 0 radical (unpaired) electrons. The van der Waals surface area contributed by atoms with Crippen molar-refractivity contribution in [2.75, 3.05) is 18.8 Å². The quantitative estimate of drug-likeness (QED) is 0.857. The Bertz CT molecular complexity index is 455. The van der Waals surface area contributed by atoms with Crippen LogP contribution in [0.4, 0.5) is 5.69 Å². The first-order chi connectivity index (χ1) is 10.1. The van der Waals surface area contributed by atoms with E-state index < -0.39 is 0 Å². The number of amides is 1. The van der Waals surface area contributed by atoms with Crippen LogP contribution in [-0.4, -0.2) is 23.9 Å². The van der Waals surface area contributed by atoms with E-state index in [1.165, 1.54) is 24.8 Å². The minimum absolute atomic E-state index is 0.253. The second kappa shape index (κ2) is 7.48. The lowest BCUT2D eigenvalue weighted by Crippen LogP contribution is -2.32. The molecule has 21 heavy (non-hydrogen) atoms. The first-order valence-corrected chi connectivity index (χ1v) is 8.23. The molecule has 1 aromatic rings. The van der Waals surface area contributed by atoms with E-state index in [1.807, 2.05) is 24.3 Å². The Hall–Kier alpha value is -1.51. The van der Waals surface area contributed by atoms with Crippen molar-refractivity contribution in [1.29, 1.82) is 0 Å². The molecule has 116 valence electrons. The number of nitrogens with zero attached hydrogens (tertiary/aromatic N) is 1. The molecular weight excluding hydrogens is 260 g/mol. The SMILES string of the molecule is CCC1CCCN(C(=O)CC(C)c2ccc(N)cc2)CC1. The summed E-state index contributed by atoms with van der Waals surface area (Å²) in [6, 6.07) is 7.88. The molecule has 2 atom stereocenters. The number of hydrogen-bond acceptors (Lipinski definition) is 2. The fraction of sp³-hybridized carbons (Fsp3) is 0.611. The van der Waals surface area contributed by atoms with Gasteiger partial charge in [0.1, 0.15) is 0 Å². The lowest BCUT2D eigenvalue weighted by molar-refractivity contribution is -0.131. The van der Waals surface area contributed by atoms with E-state index in [-0.39, 0.29) is 5.92 Å². The van der Waals surface area contributed by atoms with Gasteiger partial charge in [-0.3, -0.25) is 4.79 Å². The van der Waals surface area contributed by atoms with Gasteiger partial charge < -0.3 is 10.6 Å². The summed E-state index contributed by atoms with van der Waals surface area (Å²) in [5, 5.41) is 0. The first-order valence-electron chi connectivity index (χ1n) is 8.23. The molecule has 0 bridgehead atoms. The summed E-state index contributed by atoms with van der Waals surface area (Å²) in [4.78, 5) is 14.6. The molecule has 1 aliphatic rings. The molecule has 1 aliphatic heterocycles. The maximum Gasteiger partial charge on any atom is 0.223 e. The van der Waals surface area contributed by atoms with Crippen LogP contribution in [0.25, 0.3) is 0 Å². The van der Waals surface area contributed by atoms with Crippen LogP contribution in [0, 0.1) is 5.92 Å². The van der Waals surface area contributed by atoms with Crippen LogP contribution < -0.4 is 5.73 Å². The van der Waals surface area contributed by atoms with E-state index in [4.69, 9.17) is 5.73 Å². The highest BCUT2D eigenvalue weighted by Crippen LogP contribution is 2.24. The van der Waals surface area contributed by atoms with E-state index in [2.05, 4.69) is 18.7 Å². The smallest absolute Gasteiger partial charge is 0.223 e. The van der Waals surface area contributed by atoms with Crippen molar-refractivity contribution in [2.45, 2.75) is 51.9 Å². The second-order valence-electron chi connectivity index (χ2n) is 6.36. The van der Waals surface area contributed by atoms with Crippen LogP contribution in [0.3, 0.4) is 0 Å². The summed E-state index contributed by atoms with van der Waals surface area (Å²) < 4.78 is 0. The third kappa shape index (κ3) is 4.48. The van der Waals surface area contributed by atoms with Gasteiger partial charge in [0.25, 0.3) is 0 Å². The monoisotopic (exact) mass is 288 g/mol. The lowest BCUT2D eigenvalue weighted by atomic mass is 9.97. The maximum atomic E-state index is 12.5. The average molecular weight is 288 g/mol. The van der Waals surface area contributed by atoms with Crippen molar-refractivity contribution >= 4 is 11.6 Å². The summed E-state index contributed by atoms with van der Waals surface area (Å²) in [6.45, 7) is 6.25. The highest BCUT2D eigenvalue weighted by atomic mass is 16.2.